The fourth-order valence-corrected chi connectivity index (χ4v) is 4.11. The Morgan fingerprint density at radius 1 is 1.06 bits per heavy atom. The molecule has 35 heavy (non-hydrogen) atoms. The van der Waals surface area contributed by atoms with Gasteiger partial charge in [0.25, 0.3) is 5.91 Å². The van der Waals surface area contributed by atoms with Crippen LogP contribution in [0.5, 0.6) is 17.2 Å². The van der Waals surface area contributed by atoms with E-state index in [0.717, 1.165) is 4.68 Å². The van der Waals surface area contributed by atoms with Gasteiger partial charge in [-0.3, -0.25) is 4.79 Å². The molecule has 0 saturated carbocycles. The summed E-state index contributed by atoms with van der Waals surface area (Å²) < 4.78 is 58.5. The Labute approximate surface area is 203 Å². The molecule has 2 aromatic carbocycles. The molecule has 1 amide bonds. The highest BCUT2D eigenvalue weighted by molar-refractivity contribution is 6.31. The van der Waals surface area contributed by atoms with Crippen molar-refractivity contribution in [2.75, 3.05) is 32.0 Å². The van der Waals surface area contributed by atoms with Gasteiger partial charge in [-0.2, -0.15) is 18.3 Å². The van der Waals surface area contributed by atoms with Gasteiger partial charge in [-0.1, -0.05) is 17.7 Å². The van der Waals surface area contributed by atoms with Gasteiger partial charge in [0, 0.05) is 17.5 Å². The maximum atomic E-state index is 14.0. The number of carbonyl (C=O) groups excluding carboxylic acids is 1. The number of benzene rings is 2. The molecule has 12 heteroatoms. The van der Waals surface area contributed by atoms with E-state index in [1.807, 2.05) is 0 Å². The number of hydrogen-bond donors (Lipinski definition) is 2. The quantitative estimate of drug-likeness (QED) is 0.457. The van der Waals surface area contributed by atoms with Crippen molar-refractivity contribution in [3.05, 3.63) is 58.7 Å². The summed E-state index contributed by atoms with van der Waals surface area (Å²) in [5, 5.41) is 9.96. The van der Waals surface area contributed by atoms with Gasteiger partial charge in [-0.05, 0) is 35.9 Å². The normalized spacial score (nSPS) is 17.2. The molecule has 2 N–H and O–H groups in total. The third-order valence-corrected chi connectivity index (χ3v) is 5.88. The fourth-order valence-electron chi connectivity index (χ4n) is 3.94. The Hall–Kier alpha value is -3.60. The van der Waals surface area contributed by atoms with Gasteiger partial charge >= 0.3 is 6.18 Å². The summed E-state index contributed by atoms with van der Waals surface area (Å²) in [6, 6.07) is 8.14. The number of amides is 1. The first-order valence-electron chi connectivity index (χ1n) is 10.4. The van der Waals surface area contributed by atoms with Crippen molar-refractivity contribution < 1.29 is 32.2 Å². The molecule has 0 spiro atoms. The van der Waals surface area contributed by atoms with Crippen molar-refractivity contribution in [3.63, 3.8) is 0 Å². The average Bonchev–Trinajstić information content (AvgIpc) is 3.27. The molecule has 1 aliphatic rings. The van der Waals surface area contributed by atoms with Crippen molar-refractivity contribution in [2.24, 2.45) is 0 Å². The minimum Gasteiger partial charge on any atom is -0.495 e. The van der Waals surface area contributed by atoms with E-state index >= 15 is 0 Å². The van der Waals surface area contributed by atoms with E-state index in [1.54, 1.807) is 30.3 Å². The van der Waals surface area contributed by atoms with Crippen LogP contribution in [-0.4, -0.2) is 43.2 Å². The first-order valence-corrected chi connectivity index (χ1v) is 10.8. The lowest BCUT2D eigenvalue weighted by atomic mass is 9.96. The number of nitrogens with zero attached hydrogens (tertiary/aromatic N) is 2. The molecule has 1 aliphatic heterocycles. The summed E-state index contributed by atoms with van der Waals surface area (Å²) in [6.45, 7) is 0. The lowest BCUT2D eigenvalue weighted by Gasteiger charge is -2.33. The molecule has 2 heterocycles. The second kappa shape index (κ2) is 9.57. The van der Waals surface area contributed by atoms with Crippen LogP contribution >= 0.6 is 11.6 Å². The zero-order valence-electron chi connectivity index (χ0n) is 18.9. The molecule has 3 aromatic rings. The summed E-state index contributed by atoms with van der Waals surface area (Å²) in [6.07, 6.45) is -4.93. The minimum atomic E-state index is -4.60. The molecule has 0 bridgehead atoms. The van der Waals surface area contributed by atoms with Crippen molar-refractivity contribution in [2.45, 2.75) is 24.7 Å². The first kappa shape index (κ1) is 24.5. The highest BCUT2D eigenvalue weighted by Crippen LogP contribution is 2.44. The number of ether oxygens (including phenoxy) is 3. The Kier molecular flexibility index (Phi) is 6.70. The van der Waals surface area contributed by atoms with E-state index in [1.165, 1.54) is 33.5 Å². The second-order valence-electron chi connectivity index (χ2n) is 7.76. The number of alkyl halides is 3. The first-order chi connectivity index (χ1) is 16.6. The summed E-state index contributed by atoms with van der Waals surface area (Å²) in [5.41, 5.74) is 0.635. The van der Waals surface area contributed by atoms with Crippen LogP contribution in [0.3, 0.4) is 0 Å². The molecule has 2 unspecified atom stereocenters. The Bertz CT molecular complexity index is 1250. The fraction of sp³-hybridized carbons (Fsp3) is 0.304. The van der Waals surface area contributed by atoms with Gasteiger partial charge in [0.15, 0.2) is 23.2 Å². The zero-order valence-corrected chi connectivity index (χ0v) is 19.7. The van der Waals surface area contributed by atoms with Crippen molar-refractivity contribution in [1.29, 1.82) is 0 Å². The van der Waals surface area contributed by atoms with Gasteiger partial charge in [0.2, 0.25) is 0 Å². The van der Waals surface area contributed by atoms with Crippen molar-refractivity contribution in [1.82, 2.24) is 9.78 Å². The summed E-state index contributed by atoms with van der Waals surface area (Å²) in [4.78, 5) is 12.8. The molecule has 2 atom stereocenters. The van der Waals surface area contributed by atoms with E-state index in [4.69, 9.17) is 25.8 Å². The zero-order chi connectivity index (χ0) is 25.3. The third kappa shape index (κ3) is 4.95. The number of methoxy groups -OCH3 is 3. The largest absolute Gasteiger partial charge is 0.495 e. The van der Waals surface area contributed by atoms with Gasteiger partial charge in [0.1, 0.15) is 11.6 Å². The average molecular weight is 511 g/mol. The molecular weight excluding hydrogens is 489 g/mol. The van der Waals surface area contributed by atoms with Crippen LogP contribution in [0, 0.1) is 0 Å². The van der Waals surface area contributed by atoms with Crippen LogP contribution in [0.2, 0.25) is 5.02 Å². The highest BCUT2D eigenvalue weighted by atomic mass is 35.5. The lowest BCUT2D eigenvalue weighted by molar-refractivity contribution is -0.173. The number of anilines is 2. The van der Waals surface area contributed by atoms with Gasteiger partial charge in [-0.25, -0.2) is 4.68 Å². The van der Waals surface area contributed by atoms with Gasteiger partial charge in [-0.15, -0.1) is 0 Å². The van der Waals surface area contributed by atoms with E-state index < -0.39 is 24.2 Å². The second-order valence-corrected chi connectivity index (χ2v) is 8.20. The van der Waals surface area contributed by atoms with E-state index in [9.17, 15) is 18.0 Å². The van der Waals surface area contributed by atoms with Crippen LogP contribution in [0.25, 0.3) is 0 Å². The minimum absolute atomic E-state index is 0.0570. The molecular formula is C23H22ClF3N4O4. The van der Waals surface area contributed by atoms with Crippen LogP contribution in [0.1, 0.15) is 34.6 Å². The summed E-state index contributed by atoms with van der Waals surface area (Å²) >= 11 is 5.99. The van der Waals surface area contributed by atoms with Crippen LogP contribution < -0.4 is 24.8 Å². The predicted octanol–water partition coefficient (Wildman–Crippen LogP) is 5.47. The number of carbonyl (C=O) groups is 1. The predicted molar refractivity (Wildman–Crippen MR) is 124 cm³/mol. The molecule has 0 fully saturated rings. The molecule has 186 valence electrons. The molecule has 1 aromatic heterocycles. The van der Waals surface area contributed by atoms with Crippen molar-refractivity contribution in [3.8, 4) is 17.2 Å². The summed E-state index contributed by atoms with van der Waals surface area (Å²) in [5.74, 6) is 0.538. The number of rotatable bonds is 6. The molecule has 0 radical (unpaired) electrons. The van der Waals surface area contributed by atoms with Crippen LogP contribution in [0.4, 0.5) is 24.7 Å². The molecule has 8 nitrogen and oxygen atoms in total. The number of aromatic nitrogens is 2. The smallest absolute Gasteiger partial charge is 0.410 e. The molecule has 0 saturated heterocycles. The maximum Gasteiger partial charge on any atom is 0.410 e. The lowest BCUT2D eigenvalue weighted by Crippen LogP contribution is -2.35. The topological polar surface area (TPSA) is 86.6 Å². The molecule has 0 aliphatic carbocycles. The maximum absolute atomic E-state index is 14.0. The number of hydrogen-bond acceptors (Lipinski definition) is 6. The van der Waals surface area contributed by atoms with E-state index in [2.05, 4.69) is 15.7 Å². The number of halogens is 4. The number of fused-ring (bicyclic) bond motifs is 1. The Morgan fingerprint density at radius 2 is 1.74 bits per heavy atom. The Morgan fingerprint density at radius 3 is 2.40 bits per heavy atom. The highest BCUT2D eigenvalue weighted by Gasteiger charge is 2.47. The van der Waals surface area contributed by atoms with E-state index in [-0.39, 0.29) is 23.6 Å². The van der Waals surface area contributed by atoms with Crippen LogP contribution in [-0.2, 0) is 0 Å². The van der Waals surface area contributed by atoms with Gasteiger partial charge < -0.3 is 24.8 Å². The van der Waals surface area contributed by atoms with Crippen LogP contribution in [0.15, 0.2) is 42.5 Å². The Balaban J connectivity index is 1.66. The SMILES string of the molecule is COc1ccc(Cl)cc1NC(=O)c1cc2n(n1)C(C(F)(F)F)CC(c1ccc(OC)c(OC)c1)N2. The summed E-state index contributed by atoms with van der Waals surface area (Å²) in [7, 11) is 4.34. The standard InChI is InChI=1S/C23H22ClF3N4O4/c1-33-17-7-5-13(24)9-15(17)29-22(32)16-11-21-28-14(10-20(23(25,26)27)31(21)30-16)12-4-6-18(34-2)19(8-12)35-3/h4-9,11,14,20,28H,10H2,1-3H3,(H,29,32). The number of nitrogens with one attached hydrogen (secondary N) is 2. The van der Waals surface area contributed by atoms with Gasteiger partial charge in [0.05, 0.1) is 33.1 Å². The molecule has 4 rings (SSSR count). The third-order valence-electron chi connectivity index (χ3n) is 5.64. The van der Waals surface area contributed by atoms with Crippen molar-refractivity contribution >= 4 is 29.0 Å². The van der Waals surface area contributed by atoms with E-state index in [0.29, 0.717) is 27.8 Å². The monoisotopic (exact) mass is 510 g/mol.